The van der Waals surface area contributed by atoms with Gasteiger partial charge in [-0.1, -0.05) is 30.3 Å². The topological polar surface area (TPSA) is 55.8 Å². The summed E-state index contributed by atoms with van der Waals surface area (Å²) in [5.41, 5.74) is 1.45. The lowest BCUT2D eigenvalue weighted by molar-refractivity contribution is -0.142. The number of methoxy groups -OCH3 is 2. The van der Waals surface area contributed by atoms with Crippen LogP contribution in [0.1, 0.15) is 29.5 Å². The van der Waals surface area contributed by atoms with E-state index in [4.69, 9.17) is 9.47 Å². The summed E-state index contributed by atoms with van der Waals surface area (Å²) in [7, 11) is 3.17. The number of rotatable bonds is 5. The zero-order valence-electron chi connectivity index (χ0n) is 15.6. The van der Waals surface area contributed by atoms with E-state index in [9.17, 15) is 9.59 Å². The Morgan fingerprint density at radius 1 is 1.11 bits per heavy atom. The first kappa shape index (κ1) is 17.6. The van der Waals surface area contributed by atoms with Gasteiger partial charge in [-0.25, -0.2) is 0 Å². The van der Waals surface area contributed by atoms with Gasteiger partial charge in [0.05, 0.1) is 14.2 Å². The van der Waals surface area contributed by atoms with E-state index < -0.39 is 5.54 Å². The van der Waals surface area contributed by atoms with Crippen LogP contribution in [0.15, 0.2) is 42.5 Å². The Hall–Kier alpha value is -2.82. The summed E-state index contributed by atoms with van der Waals surface area (Å²) in [6, 6.07) is 13.3. The van der Waals surface area contributed by atoms with Gasteiger partial charge in [-0.2, -0.15) is 0 Å². The van der Waals surface area contributed by atoms with Crippen molar-refractivity contribution >= 4 is 12.2 Å². The van der Waals surface area contributed by atoms with E-state index in [0.29, 0.717) is 24.5 Å². The van der Waals surface area contributed by atoms with Crippen molar-refractivity contribution in [3.8, 4) is 11.5 Å². The summed E-state index contributed by atoms with van der Waals surface area (Å²) in [5, 5.41) is 0. The molecule has 0 aromatic heterocycles. The SMILES string of the molecule is COc1cc2c(cc1OC)C(C=O)(c1ccccc1)N(C(=O)C1CC1)CC2. The number of amides is 1. The Bertz CT molecular complexity index is 875. The highest BCUT2D eigenvalue weighted by atomic mass is 16.5. The molecule has 27 heavy (non-hydrogen) atoms. The number of hydrogen-bond donors (Lipinski definition) is 0. The Labute approximate surface area is 158 Å². The van der Waals surface area contributed by atoms with Gasteiger partial charge in [0.15, 0.2) is 17.8 Å². The molecule has 1 heterocycles. The van der Waals surface area contributed by atoms with Crippen molar-refractivity contribution in [2.24, 2.45) is 5.92 Å². The van der Waals surface area contributed by atoms with Crippen molar-refractivity contribution in [3.05, 3.63) is 59.2 Å². The summed E-state index contributed by atoms with van der Waals surface area (Å²) in [6.07, 6.45) is 3.39. The van der Waals surface area contributed by atoms with Gasteiger partial charge < -0.3 is 14.4 Å². The van der Waals surface area contributed by atoms with Crippen LogP contribution in [0, 0.1) is 5.92 Å². The quantitative estimate of drug-likeness (QED) is 0.765. The molecule has 2 aliphatic rings. The summed E-state index contributed by atoms with van der Waals surface area (Å²) in [5.74, 6) is 1.28. The highest BCUT2D eigenvalue weighted by Gasteiger charge is 2.50. The fourth-order valence-electron chi connectivity index (χ4n) is 4.07. The van der Waals surface area contributed by atoms with Crippen LogP contribution in [0.5, 0.6) is 11.5 Å². The van der Waals surface area contributed by atoms with Crippen LogP contribution in [0.4, 0.5) is 0 Å². The summed E-state index contributed by atoms with van der Waals surface area (Å²) in [6.45, 7) is 0.505. The smallest absolute Gasteiger partial charge is 0.227 e. The number of ether oxygens (including phenoxy) is 2. The molecular weight excluding hydrogens is 342 g/mol. The van der Waals surface area contributed by atoms with Gasteiger partial charge in [-0.05, 0) is 48.1 Å². The molecule has 2 aromatic carbocycles. The minimum atomic E-state index is -1.14. The number of carbonyl (C=O) groups excluding carboxylic acids is 2. The third kappa shape index (κ3) is 2.69. The number of benzene rings is 2. The summed E-state index contributed by atoms with van der Waals surface area (Å²) in [4.78, 5) is 27.6. The van der Waals surface area contributed by atoms with Crippen LogP contribution in [-0.2, 0) is 21.5 Å². The molecular formula is C22H23NO4. The van der Waals surface area contributed by atoms with E-state index in [2.05, 4.69) is 0 Å². The van der Waals surface area contributed by atoms with Crippen molar-refractivity contribution in [1.29, 1.82) is 0 Å². The lowest BCUT2D eigenvalue weighted by Crippen LogP contribution is -2.55. The highest BCUT2D eigenvalue weighted by molar-refractivity contribution is 5.89. The molecule has 1 saturated carbocycles. The van der Waals surface area contributed by atoms with Crippen molar-refractivity contribution < 1.29 is 19.1 Å². The summed E-state index contributed by atoms with van der Waals surface area (Å²) >= 11 is 0. The maximum absolute atomic E-state index is 13.1. The van der Waals surface area contributed by atoms with E-state index >= 15 is 0 Å². The number of hydrogen-bond acceptors (Lipinski definition) is 4. The minimum Gasteiger partial charge on any atom is -0.493 e. The second kappa shape index (κ2) is 6.72. The lowest BCUT2D eigenvalue weighted by Gasteiger charge is -2.45. The molecule has 5 heteroatoms. The Morgan fingerprint density at radius 3 is 2.37 bits per heavy atom. The zero-order chi connectivity index (χ0) is 19.0. The van der Waals surface area contributed by atoms with Crippen LogP contribution >= 0.6 is 0 Å². The Balaban J connectivity index is 1.97. The molecule has 0 radical (unpaired) electrons. The summed E-state index contributed by atoms with van der Waals surface area (Å²) < 4.78 is 10.9. The normalized spacial score (nSPS) is 21.3. The second-order valence-electron chi connectivity index (χ2n) is 7.13. The van der Waals surface area contributed by atoms with Crippen LogP contribution in [0.25, 0.3) is 0 Å². The van der Waals surface area contributed by atoms with Gasteiger partial charge in [0, 0.05) is 12.5 Å². The fourth-order valence-corrected chi connectivity index (χ4v) is 4.07. The van der Waals surface area contributed by atoms with Crippen molar-refractivity contribution in [2.75, 3.05) is 20.8 Å². The first-order chi connectivity index (χ1) is 13.2. The van der Waals surface area contributed by atoms with Crippen molar-refractivity contribution in [2.45, 2.75) is 24.8 Å². The van der Waals surface area contributed by atoms with E-state index in [0.717, 1.165) is 35.8 Å². The van der Waals surface area contributed by atoms with Gasteiger partial charge in [0.1, 0.15) is 5.54 Å². The van der Waals surface area contributed by atoms with E-state index in [1.807, 2.05) is 42.5 Å². The third-order valence-corrected chi connectivity index (χ3v) is 5.63. The monoisotopic (exact) mass is 365 g/mol. The predicted molar refractivity (Wildman–Crippen MR) is 101 cm³/mol. The Morgan fingerprint density at radius 2 is 1.78 bits per heavy atom. The molecule has 1 fully saturated rings. The molecule has 4 rings (SSSR count). The van der Waals surface area contributed by atoms with Crippen LogP contribution in [-0.4, -0.2) is 37.9 Å². The standard InChI is InChI=1S/C22H23NO4/c1-26-19-12-16-10-11-23(21(25)15-8-9-15)22(14-24,17-6-4-3-5-7-17)18(16)13-20(19)27-2/h3-7,12-15H,8-11H2,1-2H3. The van der Waals surface area contributed by atoms with Gasteiger partial charge in [-0.3, -0.25) is 9.59 Å². The number of carbonyl (C=O) groups is 2. The van der Waals surface area contributed by atoms with Gasteiger partial charge >= 0.3 is 0 Å². The lowest BCUT2D eigenvalue weighted by atomic mass is 9.76. The highest BCUT2D eigenvalue weighted by Crippen LogP contribution is 2.46. The molecule has 0 bridgehead atoms. The molecule has 1 unspecified atom stereocenters. The first-order valence-electron chi connectivity index (χ1n) is 9.24. The molecule has 5 nitrogen and oxygen atoms in total. The average Bonchev–Trinajstić information content (AvgIpc) is 3.57. The van der Waals surface area contributed by atoms with E-state index in [1.54, 1.807) is 19.1 Å². The maximum Gasteiger partial charge on any atom is 0.227 e. The zero-order valence-corrected chi connectivity index (χ0v) is 15.6. The fraction of sp³-hybridized carbons (Fsp3) is 0.364. The molecule has 1 aliphatic heterocycles. The van der Waals surface area contributed by atoms with Gasteiger partial charge in [-0.15, -0.1) is 0 Å². The maximum atomic E-state index is 13.1. The van der Waals surface area contributed by atoms with Crippen molar-refractivity contribution in [3.63, 3.8) is 0 Å². The molecule has 0 N–H and O–H groups in total. The third-order valence-electron chi connectivity index (χ3n) is 5.63. The molecule has 0 spiro atoms. The van der Waals surface area contributed by atoms with E-state index in [1.165, 1.54) is 0 Å². The molecule has 1 atom stereocenters. The van der Waals surface area contributed by atoms with E-state index in [-0.39, 0.29) is 11.8 Å². The molecule has 1 amide bonds. The van der Waals surface area contributed by atoms with Gasteiger partial charge in [0.2, 0.25) is 5.91 Å². The molecule has 140 valence electrons. The Kier molecular flexibility index (Phi) is 4.38. The predicted octanol–water partition coefficient (Wildman–Crippen LogP) is 2.94. The van der Waals surface area contributed by atoms with Crippen LogP contribution in [0.2, 0.25) is 0 Å². The number of nitrogens with zero attached hydrogens (tertiary/aromatic N) is 1. The van der Waals surface area contributed by atoms with Crippen LogP contribution in [0.3, 0.4) is 0 Å². The van der Waals surface area contributed by atoms with Crippen LogP contribution < -0.4 is 9.47 Å². The second-order valence-corrected chi connectivity index (χ2v) is 7.13. The largest absolute Gasteiger partial charge is 0.493 e. The molecule has 0 saturated heterocycles. The number of fused-ring (bicyclic) bond motifs is 1. The number of aldehydes is 1. The average molecular weight is 365 g/mol. The first-order valence-corrected chi connectivity index (χ1v) is 9.24. The van der Waals surface area contributed by atoms with Gasteiger partial charge in [0.25, 0.3) is 0 Å². The van der Waals surface area contributed by atoms with Crippen molar-refractivity contribution in [1.82, 2.24) is 4.90 Å². The molecule has 1 aliphatic carbocycles. The minimum absolute atomic E-state index is 0.0368. The molecule has 2 aromatic rings.